The zero-order valence-corrected chi connectivity index (χ0v) is 15.1. The minimum absolute atomic E-state index is 0.0518. The largest absolute Gasteiger partial charge is 0.320 e. The monoisotopic (exact) mass is 394 g/mol. The molecule has 7 heteroatoms. The fraction of sp³-hybridized carbons (Fsp3) is 0.571. The van der Waals surface area contributed by atoms with Crippen molar-refractivity contribution in [2.45, 2.75) is 36.6 Å². The van der Waals surface area contributed by atoms with Crippen LogP contribution in [0.15, 0.2) is 27.6 Å². The van der Waals surface area contributed by atoms with Crippen LogP contribution in [0.5, 0.6) is 0 Å². The van der Waals surface area contributed by atoms with E-state index in [4.69, 9.17) is 11.6 Å². The lowest BCUT2D eigenvalue weighted by atomic mass is 10.0. The van der Waals surface area contributed by atoms with Crippen molar-refractivity contribution in [3.8, 4) is 0 Å². The van der Waals surface area contributed by atoms with Crippen LogP contribution in [0.25, 0.3) is 0 Å². The molecule has 0 saturated carbocycles. The molecule has 1 heterocycles. The summed E-state index contributed by atoms with van der Waals surface area (Å²) in [5.74, 6) is 0. The van der Waals surface area contributed by atoms with Crippen molar-refractivity contribution in [2.24, 2.45) is 0 Å². The molecule has 1 N–H and O–H groups in total. The topological polar surface area (TPSA) is 49.4 Å². The number of rotatable bonds is 5. The van der Waals surface area contributed by atoms with Gasteiger partial charge in [0.05, 0.1) is 5.02 Å². The highest BCUT2D eigenvalue weighted by atomic mass is 79.9. The molecule has 0 aromatic heterocycles. The van der Waals surface area contributed by atoms with E-state index in [9.17, 15) is 8.42 Å². The van der Waals surface area contributed by atoms with Gasteiger partial charge in [-0.25, -0.2) is 8.42 Å². The number of nitrogens with one attached hydrogen (secondary N) is 1. The molecule has 0 spiro atoms. The van der Waals surface area contributed by atoms with Gasteiger partial charge in [0.2, 0.25) is 10.0 Å². The summed E-state index contributed by atoms with van der Waals surface area (Å²) >= 11 is 9.44. The molecule has 1 aliphatic rings. The zero-order valence-electron chi connectivity index (χ0n) is 12.0. The molecule has 1 aromatic rings. The molecule has 1 fully saturated rings. The fourth-order valence-corrected chi connectivity index (χ4v) is 5.44. The first-order valence-corrected chi connectivity index (χ1v) is 9.69. The van der Waals surface area contributed by atoms with Crippen molar-refractivity contribution >= 4 is 37.6 Å². The zero-order chi connectivity index (χ0) is 15.5. The maximum Gasteiger partial charge on any atom is 0.244 e. The second kappa shape index (κ2) is 7.42. The molecule has 1 aliphatic heterocycles. The third kappa shape index (κ3) is 3.99. The second-order valence-electron chi connectivity index (χ2n) is 5.23. The molecule has 1 unspecified atom stereocenters. The highest BCUT2D eigenvalue weighted by molar-refractivity contribution is 9.10. The summed E-state index contributed by atoms with van der Waals surface area (Å²) < 4.78 is 28.2. The van der Waals surface area contributed by atoms with E-state index in [0.717, 1.165) is 36.7 Å². The first-order valence-electron chi connectivity index (χ1n) is 7.08. The van der Waals surface area contributed by atoms with E-state index in [-0.39, 0.29) is 16.0 Å². The number of piperidine rings is 1. The van der Waals surface area contributed by atoms with Gasteiger partial charge in [0, 0.05) is 17.1 Å². The van der Waals surface area contributed by atoms with Crippen molar-refractivity contribution < 1.29 is 8.42 Å². The lowest BCUT2D eigenvalue weighted by Crippen LogP contribution is -2.44. The summed E-state index contributed by atoms with van der Waals surface area (Å²) in [5.41, 5.74) is 0. The number of sulfonamides is 1. The summed E-state index contributed by atoms with van der Waals surface area (Å²) in [4.78, 5) is 0.198. The summed E-state index contributed by atoms with van der Waals surface area (Å²) in [6.45, 7) is 1.38. The van der Waals surface area contributed by atoms with Gasteiger partial charge in [0.15, 0.2) is 0 Å². The summed E-state index contributed by atoms with van der Waals surface area (Å²) in [6.07, 6.45) is 3.72. The predicted molar refractivity (Wildman–Crippen MR) is 89.2 cm³/mol. The van der Waals surface area contributed by atoms with Crippen LogP contribution < -0.4 is 5.32 Å². The lowest BCUT2D eigenvalue weighted by Gasteiger charge is -2.35. The normalized spacial score (nSPS) is 20.6. The Hall–Kier alpha value is -0.140. The van der Waals surface area contributed by atoms with E-state index >= 15 is 0 Å². The van der Waals surface area contributed by atoms with Crippen molar-refractivity contribution in [1.82, 2.24) is 9.62 Å². The molecule has 2 rings (SSSR count). The smallest absolute Gasteiger partial charge is 0.244 e. The lowest BCUT2D eigenvalue weighted by molar-refractivity contribution is 0.240. The molecule has 0 bridgehead atoms. The maximum absolute atomic E-state index is 12.9. The minimum atomic E-state index is -3.54. The second-order valence-corrected chi connectivity index (χ2v) is 8.41. The Kier molecular flexibility index (Phi) is 6.08. The highest BCUT2D eigenvalue weighted by Gasteiger charge is 2.34. The van der Waals surface area contributed by atoms with E-state index in [1.54, 1.807) is 22.5 Å². The molecule has 1 saturated heterocycles. The van der Waals surface area contributed by atoms with Gasteiger partial charge in [-0.15, -0.1) is 0 Å². The molecule has 1 atom stereocenters. The highest BCUT2D eigenvalue weighted by Crippen LogP contribution is 2.32. The Morgan fingerprint density at radius 1 is 1.43 bits per heavy atom. The summed E-state index contributed by atoms with van der Waals surface area (Å²) in [7, 11) is -1.65. The Morgan fingerprint density at radius 3 is 2.86 bits per heavy atom. The fourth-order valence-electron chi connectivity index (χ4n) is 2.70. The van der Waals surface area contributed by atoms with Gasteiger partial charge in [-0.05, 0) is 51.1 Å². The van der Waals surface area contributed by atoms with Gasteiger partial charge in [-0.2, -0.15) is 4.31 Å². The molecule has 0 radical (unpaired) electrons. The van der Waals surface area contributed by atoms with E-state index in [1.807, 2.05) is 7.05 Å². The maximum atomic E-state index is 12.9. The molecule has 4 nitrogen and oxygen atoms in total. The van der Waals surface area contributed by atoms with E-state index in [2.05, 4.69) is 21.2 Å². The van der Waals surface area contributed by atoms with Crippen LogP contribution in [-0.2, 0) is 10.0 Å². The van der Waals surface area contributed by atoms with Gasteiger partial charge in [0.1, 0.15) is 4.90 Å². The Morgan fingerprint density at radius 2 is 2.19 bits per heavy atom. The van der Waals surface area contributed by atoms with Crippen LogP contribution in [0, 0.1) is 0 Å². The van der Waals surface area contributed by atoms with Gasteiger partial charge < -0.3 is 5.32 Å². The summed E-state index contributed by atoms with van der Waals surface area (Å²) in [5, 5.41) is 3.36. The predicted octanol–water partition coefficient (Wildman–Crippen LogP) is 3.26. The average molecular weight is 396 g/mol. The summed E-state index contributed by atoms with van der Waals surface area (Å²) in [6, 6.07) is 4.97. The number of benzene rings is 1. The van der Waals surface area contributed by atoms with Crippen molar-refractivity contribution in [2.75, 3.05) is 20.1 Å². The minimum Gasteiger partial charge on any atom is -0.320 e. The average Bonchev–Trinajstić information content (AvgIpc) is 2.45. The quantitative estimate of drug-likeness (QED) is 0.832. The first kappa shape index (κ1) is 17.2. The number of nitrogens with zero attached hydrogens (tertiary/aromatic N) is 1. The number of halogens is 2. The van der Waals surface area contributed by atoms with Crippen LogP contribution in [-0.4, -0.2) is 38.9 Å². The van der Waals surface area contributed by atoms with Crippen LogP contribution in [0.3, 0.4) is 0 Å². The molecule has 1 aromatic carbocycles. The Bertz CT molecular complexity index is 595. The van der Waals surface area contributed by atoms with Gasteiger partial charge in [0.25, 0.3) is 0 Å². The van der Waals surface area contributed by atoms with E-state index in [1.165, 1.54) is 0 Å². The third-order valence-corrected chi connectivity index (χ3v) is 6.71. The molecular formula is C14H20BrClN2O2S. The Labute approximate surface area is 140 Å². The van der Waals surface area contributed by atoms with E-state index in [0.29, 0.717) is 6.54 Å². The van der Waals surface area contributed by atoms with Gasteiger partial charge >= 0.3 is 0 Å². The number of hydrogen-bond acceptors (Lipinski definition) is 3. The van der Waals surface area contributed by atoms with Crippen LogP contribution >= 0.6 is 27.5 Å². The van der Waals surface area contributed by atoms with Crippen molar-refractivity contribution in [1.29, 1.82) is 0 Å². The molecular weight excluding hydrogens is 376 g/mol. The first-order chi connectivity index (χ1) is 9.96. The molecule has 118 valence electrons. The third-order valence-electron chi connectivity index (χ3n) is 3.78. The van der Waals surface area contributed by atoms with Crippen LogP contribution in [0.1, 0.15) is 25.7 Å². The van der Waals surface area contributed by atoms with Crippen LogP contribution in [0.4, 0.5) is 0 Å². The molecule has 0 aliphatic carbocycles. The number of hydrogen-bond donors (Lipinski definition) is 1. The van der Waals surface area contributed by atoms with Crippen LogP contribution in [0.2, 0.25) is 5.02 Å². The standard InChI is InChI=1S/C14H20BrClN2O2S/c1-17-8-7-12-4-2-3-9-18(12)21(19,20)14-6-5-11(15)10-13(14)16/h5-6,10,12,17H,2-4,7-9H2,1H3. The SMILES string of the molecule is CNCCC1CCCCN1S(=O)(=O)c1ccc(Br)cc1Cl. The van der Waals surface area contributed by atoms with E-state index < -0.39 is 10.0 Å². The van der Waals surface area contributed by atoms with Gasteiger partial charge in [-0.1, -0.05) is 34.0 Å². The molecule has 0 amide bonds. The van der Waals surface area contributed by atoms with Crippen molar-refractivity contribution in [3.05, 3.63) is 27.7 Å². The Balaban J connectivity index is 2.31. The van der Waals surface area contributed by atoms with Gasteiger partial charge in [-0.3, -0.25) is 0 Å². The molecule has 21 heavy (non-hydrogen) atoms. The van der Waals surface area contributed by atoms with Crippen molar-refractivity contribution in [3.63, 3.8) is 0 Å².